The van der Waals surface area contributed by atoms with Crippen LogP contribution in [0, 0.1) is 5.92 Å². The van der Waals surface area contributed by atoms with Crippen LogP contribution in [0.1, 0.15) is 54.5 Å². The summed E-state index contributed by atoms with van der Waals surface area (Å²) in [5.41, 5.74) is 2.35. The molecule has 3 aliphatic rings. The molecule has 0 unspecified atom stereocenters. The highest BCUT2D eigenvalue weighted by molar-refractivity contribution is 6.11. The number of carbonyl (C=O) groups excluding carboxylic acids is 3. The number of urea groups is 1. The van der Waals surface area contributed by atoms with Crippen molar-refractivity contribution in [2.75, 3.05) is 61.5 Å². The van der Waals surface area contributed by atoms with Gasteiger partial charge in [-0.05, 0) is 49.8 Å². The van der Waals surface area contributed by atoms with Gasteiger partial charge in [0.2, 0.25) is 11.7 Å². The third kappa shape index (κ3) is 7.48. The van der Waals surface area contributed by atoms with E-state index < -0.39 is 29.6 Å². The largest absolute Gasteiger partial charge is 0.494 e. The molecule has 14 nitrogen and oxygen atoms in total. The van der Waals surface area contributed by atoms with Crippen molar-refractivity contribution in [3.05, 3.63) is 72.7 Å². The number of rotatable bonds is 8. The molecule has 286 valence electrons. The molecule has 0 bridgehead atoms. The maximum atomic E-state index is 13.1. The first-order chi connectivity index (χ1) is 26.5. The highest BCUT2D eigenvalue weighted by atomic mass is 19.4. The number of piperazine rings is 1. The number of nitrogens with one attached hydrogen (secondary N) is 2. The Morgan fingerprint density at radius 3 is 2.53 bits per heavy atom. The molecule has 0 spiro atoms. The van der Waals surface area contributed by atoms with Crippen LogP contribution in [-0.4, -0.2) is 93.9 Å². The number of nitrogens with zero attached hydrogens (tertiary/aromatic N) is 8. The zero-order valence-electron chi connectivity index (χ0n) is 30.1. The molecule has 55 heavy (non-hydrogen) atoms. The number of carbonyl (C=O) groups is 3. The van der Waals surface area contributed by atoms with E-state index in [2.05, 4.69) is 41.5 Å². The zero-order chi connectivity index (χ0) is 38.3. The van der Waals surface area contributed by atoms with Gasteiger partial charge in [-0.2, -0.15) is 18.3 Å². The van der Waals surface area contributed by atoms with Crippen molar-refractivity contribution >= 4 is 56.6 Å². The van der Waals surface area contributed by atoms with E-state index >= 15 is 0 Å². The molecule has 1 saturated carbocycles. The lowest BCUT2D eigenvalue weighted by Gasteiger charge is -2.39. The van der Waals surface area contributed by atoms with Gasteiger partial charge in [0.15, 0.2) is 0 Å². The Balaban J connectivity index is 0.867. The van der Waals surface area contributed by atoms with E-state index in [9.17, 15) is 27.6 Å². The molecule has 0 atom stereocenters. The molecule has 3 fully saturated rings. The van der Waals surface area contributed by atoms with Crippen LogP contribution in [0.4, 0.5) is 35.0 Å². The van der Waals surface area contributed by atoms with Gasteiger partial charge in [-0.1, -0.05) is 12.1 Å². The fourth-order valence-electron chi connectivity index (χ4n) is 7.91. The number of ether oxygens (including phenoxy) is 1. The third-order valence-corrected chi connectivity index (χ3v) is 10.8. The van der Waals surface area contributed by atoms with Crippen LogP contribution in [-0.2, 0) is 11.0 Å². The smallest absolute Gasteiger partial charge is 0.451 e. The van der Waals surface area contributed by atoms with Crippen LogP contribution in [0.5, 0.6) is 5.75 Å². The number of imide groups is 1. The molecule has 8 rings (SSSR count). The lowest BCUT2D eigenvalue weighted by atomic mass is 9.85. The number of benzene rings is 2. The lowest BCUT2D eigenvalue weighted by Crippen LogP contribution is -2.49. The van der Waals surface area contributed by atoms with Gasteiger partial charge >= 0.3 is 12.2 Å². The Morgan fingerprint density at radius 1 is 0.982 bits per heavy atom. The second-order valence-electron chi connectivity index (χ2n) is 14.2. The van der Waals surface area contributed by atoms with Crippen LogP contribution >= 0.6 is 0 Å². The van der Waals surface area contributed by atoms with Crippen LogP contribution in [0.25, 0.3) is 21.7 Å². The number of hydrogen-bond donors (Lipinski definition) is 2. The molecule has 2 aromatic carbocycles. The molecule has 5 aromatic rings. The molecule has 0 radical (unpaired) electrons. The minimum Gasteiger partial charge on any atom is -0.494 e. The van der Waals surface area contributed by atoms with Crippen LogP contribution in [0.2, 0.25) is 0 Å². The van der Waals surface area contributed by atoms with E-state index in [1.807, 2.05) is 29.2 Å². The Hall–Kier alpha value is -5.84. The topological polar surface area (TPSA) is 151 Å². The van der Waals surface area contributed by atoms with Gasteiger partial charge in [0, 0.05) is 92.2 Å². The molecule has 2 saturated heterocycles. The van der Waals surface area contributed by atoms with Crippen LogP contribution in [0.15, 0.2) is 61.2 Å². The summed E-state index contributed by atoms with van der Waals surface area (Å²) >= 11 is 0. The summed E-state index contributed by atoms with van der Waals surface area (Å²) in [6, 6.07) is 10.4. The standard InChI is InChI=1S/C38H39F3N10O4/c1-55-33-18-29-24(17-30(33)44-35(53)28-9-11-43-36(45-28)38(39,40)41)22-51(47-29)25-7-5-23(6-8-25)21-48-13-15-49(16-14-48)31-4-2-3-26-27(31)19-42-20-32(26)50-12-10-34(52)46-37(50)54/h2-4,9,11,17-20,22-23,25H,5-8,10,12-16,21H2,1H3,(H,44,53)(H,46,52,54). The number of fused-ring (bicyclic) bond motifs is 2. The van der Waals surface area contributed by atoms with Crippen molar-refractivity contribution in [3.63, 3.8) is 0 Å². The molecule has 4 amide bonds. The van der Waals surface area contributed by atoms with Crippen LogP contribution in [0.3, 0.4) is 0 Å². The number of anilines is 3. The van der Waals surface area contributed by atoms with Gasteiger partial charge in [-0.25, -0.2) is 14.8 Å². The monoisotopic (exact) mass is 756 g/mol. The van der Waals surface area contributed by atoms with E-state index in [1.54, 1.807) is 23.2 Å². The number of aromatic nitrogens is 5. The average molecular weight is 757 g/mol. The first-order valence-corrected chi connectivity index (χ1v) is 18.3. The number of amides is 4. The van der Waals surface area contributed by atoms with Crippen molar-refractivity contribution in [1.82, 2.24) is 34.9 Å². The van der Waals surface area contributed by atoms with E-state index in [0.29, 0.717) is 35.1 Å². The van der Waals surface area contributed by atoms with E-state index in [4.69, 9.17) is 9.84 Å². The summed E-state index contributed by atoms with van der Waals surface area (Å²) in [5, 5.41) is 12.5. The SMILES string of the molecule is COc1cc2nn(C3CCC(CN4CCN(c5cccc6c(N7CCC(=O)NC7=O)cncc56)CC4)CC3)cc2cc1NC(=O)c1ccnc(C(F)(F)F)n1. The molecule has 1 aliphatic carbocycles. The minimum absolute atomic E-state index is 0.215. The lowest BCUT2D eigenvalue weighted by molar-refractivity contribution is -0.145. The summed E-state index contributed by atoms with van der Waals surface area (Å²) in [6.07, 6.45) is 5.94. The van der Waals surface area contributed by atoms with Crippen molar-refractivity contribution in [1.29, 1.82) is 0 Å². The van der Waals surface area contributed by atoms with E-state index in [1.165, 1.54) is 7.11 Å². The molecule has 2 aliphatic heterocycles. The zero-order valence-corrected chi connectivity index (χ0v) is 30.1. The molecule has 3 aromatic heterocycles. The van der Waals surface area contributed by atoms with E-state index in [-0.39, 0.29) is 18.4 Å². The molecular weight excluding hydrogens is 717 g/mol. The Morgan fingerprint density at radius 2 is 1.78 bits per heavy atom. The predicted molar refractivity (Wildman–Crippen MR) is 198 cm³/mol. The molecule has 2 N–H and O–H groups in total. The molecule has 17 heteroatoms. The minimum atomic E-state index is -4.78. The van der Waals surface area contributed by atoms with Gasteiger partial charge in [-0.15, -0.1) is 0 Å². The first-order valence-electron chi connectivity index (χ1n) is 18.3. The second-order valence-corrected chi connectivity index (χ2v) is 14.2. The highest BCUT2D eigenvalue weighted by Crippen LogP contribution is 2.37. The Labute approximate surface area is 313 Å². The van der Waals surface area contributed by atoms with Crippen molar-refractivity contribution in [2.24, 2.45) is 5.92 Å². The first kappa shape index (κ1) is 36.2. The number of hydrogen-bond acceptors (Lipinski definition) is 10. The normalized spacial score (nSPS) is 19.9. The maximum absolute atomic E-state index is 13.1. The second kappa shape index (κ2) is 14.8. The average Bonchev–Trinajstić information content (AvgIpc) is 3.60. The Kier molecular flexibility index (Phi) is 9.71. The fraction of sp³-hybridized carbons (Fsp3) is 0.395. The summed E-state index contributed by atoms with van der Waals surface area (Å²) in [4.78, 5) is 54.7. The highest BCUT2D eigenvalue weighted by Gasteiger charge is 2.35. The van der Waals surface area contributed by atoms with Gasteiger partial charge in [0.1, 0.15) is 11.4 Å². The predicted octanol–water partition coefficient (Wildman–Crippen LogP) is 5.65. The number of alkyl halides is 3. The fourth-order valence-corrected chi connectivity index (χ4v) is 7.91. The van der Waals surface area contributed by atoms with Crippen molar-refractivity contribution in [2.45, 2.75) is 44.3 Å². The summed E-state index contributed by atoms with van der Waals surface area (Å²) in [5.74, 6) is -1.58. The van der Waals surface area contributed by atoms with Gasteiger partial charge < -0.3 is 15.0 Å². The van der Waals surface area contributed by atoms with Gasteiger partial charge in [0.05, 0.1) is 36.2 Å². The van der Waals surface area contributed by atoms with Crippen molar-refractivity contribution < 1.29 is 32.3 Å². The van der Waals surface area contributed by atoms with Gasteiger partial charge in [-0.3, -0.25) is 34.4 Å². The van der Waals surface area contributed by atoms with Gasteiger partial charge in [0.25, 0.3) is 5.91 Å². The van der Waals surface area contributed by atoms with Crippen LogP contribution < -0.4 is 25.2 Å². The van der Waals surface area contributed by atoms with E-state index in [0.717, 1.165) is 92.5 Å². The number of pyridine rings is 1. The number of halogens is 3. The summed E-state index contributed by atoms with van der Waals surface area (Å²) < 4.78 is 46.8. The number of methoxy groups -OCH3 is 1. The van der Waals surface area contributed by atoms with Crippen molar-refractivity contribution in [3.8, 4) is 5.75 Å². The quantitative estimate of drug-likeness (QED) is 0.203. The molecule has 5 heterocycles. The maximum Gasteiger partial charge on any atom is 0.451 e. The third-order valence-electron chi connectivity index (χ3n) is 10.8. The molecular formula is C38H39F3N10O4. The Bertz CT molecular complexity index is 2260. The summed E-state index contributed by atoms with van der Waals surface area (Å²) in [6.45, 7) is 4.97. The summed E-state index contributed by atoms with van der Waals surface area (Å²) in [7, 11) is 1.45.